The van der Waals surface area contributed by atoms with E-state index < -0.39 is 11.6 Å². The molecule has 202 valence electrons. The third kappa shape index (κ3) is 5.96. The Labute approximate surface area is 234 Å². The summed E-state index contributed by atoms with van der Waals surface area (Å²) in [6.45, 7) is 5.63. The summed E-state index contributed by atoms with van der Waals surface area (Å²) in [6, 6.07) is 20.7. The van der Waals surface area contributed by atoms with Gasteiger partial charge in [0.05, 0.1) is 5.69 Å². The van der Waals surface area contributed by atoms with E-state index in [0.29, 0.717) is 12.4 Å². The van der Waals surface area contributed by atoms with E-state index >= 15 is 0 Å². The van der Waals surface area contributed by atoms with Gasteiger partial charge >= 0.3 is 0 Å². The van der Waals surface area contributed by atoms with E-state index in [2.05, 4.69) is 51.4 Å². The number of hydrogen-bond donors (Lipinski definition) is 1. The highest BCUT2D eigenvalue weighted by atomic mass is 35.5. The van der Waals surface area contributed by atoms with Crippen molar-refractivity contribution in [1.82, 2.24) is 19.8 Å². The van der Waals surface area contributed by atoms with E-state index in [0.717, 1.165) is 72.8 Å². The number of halogens is 3. The van der Waals surface area contributed by atoms with Crippen molar-refractivity contribution in [2.24, 2.45) is 0 Å². The maximum atomic E-state index is 14.0. The van der Waals surface area contributed by atoms with Crippen LogP contribution in [0.5, 0.6) is 0 Å². The molecule has 0 spiro atoms. The molecule has 1 aliphatic carbocycles. The van der Waals surface area contributed by atoms with Crippen molar-refractivity contribution in [2.45, 2.75) is 18.8 Å². The Kier molecular flexibility index (Phi) is 8.21. The van der Waals surface area contributed by atoms with Gasteiger partial charge in [-0.3, -0.25) is 0 Å². The van der Waals surface area contributed by atoms with Gasteiger partial charge in [-0.25, -0.2) is 18.7 Å². The highest BCUT2D eigenvalue weighted by Gasteiger charge is 2.28. The van der Waals surface area contributed by atoms with Crippen LogP contribution < -0.4 is 5.32 Å². The predicted molar refractivity (Wildman–Crippen MR) is 154 cm³/mol. The quantitative estimate of drug-likeness (QED) is 0.318. The summed E-state index contributed by atoms with van der Waals surface area (Å²) < 4.78 is 27.6. The highest BCUT2D eigenvalue weighted by molar-refractivity contribution is 5.85. The second-order valence-electron chi connectivity index (χ2n) is 10.3. The van der Waals surface area contributed by atoms with Crippen LogP contribution in [0.1, 0.15) is 28.2 Å². The number of likely N-dealkylation sites (N-methyl/N-ethyl adjacent to an activating group) is 1. The van der Waals surface area contributed by atoms with E-state index in [1.807, 2.05) is 30.5 Å². The lowest BCUT2D eigenvalue weighted by atomic mass is 9.78. The van der Waals surface area contributed by atoms with Crippen LogP contribution in [0, 0.1) is 11.6 Å². The Hall–Kier alpha value is -3.39. The number of anilines is 2. The fourth-order valence-electron chi connectivity index (χ4n) is 5.47. The molecule has 8 heteroatoms. The summed E-state index contributed by atoms with van der Waals surface area (Å²) in [4.78, 5) is 14.4. The molecular weight excluding hydrogens is 516 g/mol. The van der Waals surface area contributed by atoms with Crippen molar-refractivity contribution in [3.05, 3.63) is 107 Å². The van der Waals surface area contributed by atoms with Gasteiger partial charge in [-0.2, -0.15) is 0 Å². The molecule has 5 nitrogen and oxygen atoms in total. The first kappa shape index (κ1) is 27.2. The van der Waals surface area contributed by atoms with Crippen LogP contribution in [0.15, 0.2) is 72.9 Å². The molecule has 1 atom stereocenters. The van der Waals surface area contributed by atoms with Crippen molar-refractivity contribution >= 4 is 24.0 Å². The summed E-state index contributed by atoms with van der Waals surface area (Å²) in [6.07, 6.45) is 3.51. The zero-order valence-corrected chi connectivity index (χ0v) is 22.7. The largest absolute Gasteiger partial charge is 0.324 e. The third-order valence-electron chi connectivity index (χ3n) is 7.75. The van der Waals surface area contributed by atoms with E-state index in [-0.39, 0.29) is 18.3 Å². The van der Waals surface area contributed by atoms with E-state index in [9.17, 15) is 8.78 Å². The minimum absolute atomic E-state index is 0. The Morgan fingerprint density at radius 1 is 0.923 bits per heavy atom. The number of hydrogen-bond acceptors (Lipinski definition) is 5. The van der Waals surface area contributed by atoms with Crippen LogP contribution in [0.25, 0.3) is 11.3 Å². The average Bonchev–Trinajstić information content (AvgIpc) is 2.95. The number of nitrogens with zero attached hydrogens (tertiary/aromatic N) is 4. The monoisotopic (exact) mass is 547 g/mol. The Bertz CT molecular complexity index is 1440. The van der Waals surface area contributed by atoms with Crippen molar-refractivity contribution in [3.8, 4) is 11.3 Å². The molecule has 1 fully saturated rings. The van der Waals surface area contributed by atoms with Gasteiger partial charge in [-0.05, 0) is 66.4 Å². The lowest BCUT2D eigenvalue weighted by Crippen LogP contribution is -2.45. The van der Waals surface area contributed by atoms with Crippen molar-refractivity contribution in [2.75, 3.05) is 45.1 Å². The first-order valence-corrected chi connectivity index (χ1v) is 13.2. The van der Waals surface area contributed by atoms with Crippen LogP contribution in [0.3, 0.4) is 0 Å². The summed E-state index contributed by atoms with van der Waals surface area (Å²) in [5, 5.41) is 3.35. The van der Waals surface area contributed by atoms with Crippen LogP contribution in [0.4, 0.5) is 20.4 Å². The lowest BCUT2D eigenvalue weighted by molar-refractivity contribution is 0.155. The standard InChI is InChI=1S/C31H31F2N5.ClH/c1-37-14-16-38(17-15-37)13-12-21-6-9-24(10-7-21)35-31-34-20-23-18-27(22-8-11-28(32)29(33)19-22)25-4-2-3-5-26(25)30(23)36-31;/h2-11,19-20,27H,12-18H2,1H3,(H,34,35,36);1H. The van der Waals surface area contributed by atoms with Crippen LogP contribution in [-0.2, 0) is 12.8 Å². The van der Waals surface area contributed by atoms with E-state index in [4.69, 9.17) is 4.98 Å². The van der Waals surface area contributed by atoms with E-state index in [1.165, 1.54) is 17.7 Å². The minimum atomic E-state index is -0.833. The highest BCUT2D eigenvalue weighted by Crippen LogP contribution is 2.42. The molecule has 4 aromatic rings. The molecule has 1 unspecified atom stereocenters. The molecule has 2 aliphatic rings. The molecule has 0 amide bonds. The number of rotatable bonds is 6. The number of nitrogens with one attached hydrogen (secondary N) is 1. The third-order valence-corrected chi connectivity index (χ3v) is 7.75. The van der Waals surface area contributed by atoms with Gasteiger partial charge in [0, 0.05) is 56.1 Å². The first-order chi connectivity index (χ1) is 18.5. The van der Waals surface area contributed by atoms with Crippen LogP contribution >= 0.6 is 12.4 Å². The van der Waals surface area contributed by atoms with Crippen LogP contribution in [-0.4, -0.2) is 59.5 Å². The molecule has 6 rings (SSSR count). The Morgan fingerprint density at radius 2 is 1.69 bits per heavy atom. The zero-order valence-electron chi connectivity index (χ0n) is 21.9. The molecule has 0 bridgehead atoms. The molecular formula is C31H32ClF2N5. The van der Waals surface area contributed by atoms with Gasteiger partial charge in [0.15, 0.2) is 11.6 Å². The zero-order chi connectivity index (χ0) is 26.1. The van der Waals surface area contributed by atoms with Gasteiger partial charge in [-0.15, -0.1) is 12.4 Å². The predicted octanol–water partition coefficient (Wildman–Crippen LogP) is 6.07. The average molecular weight is 548 g/mol. The number of fused-ring (bicyclic) bond motifs is 3. The summed E-state index contributed by atoms with van der Waals surface area (Å²) >= 11 is 0. The van der Waals surface area contributed by atoms with Gasteiger partial charge in [0.25, 0.3) is 0 Å². The maximum Gasteiger partial charge on any atom is 0.227 e. The van der Waals surface area contributed by atoms with E-state index in [1.54, 1.807) is 6.07 Å². The Morgan fingerprint density at radius 3 is 2.46 bits per heavy atom. The fraction of sp³-hybridized carbons (Fsp3) is 0.290. The molecule has 1 aromatic heterocycles. The van der Waals surface area contributed by atoms with Gasteiger partial charge in [0.1, 0.15) is 0 Å². The smallest absolute Gasteiger partial charge is 0.227 e. The maximum absolute atomic E-state index is 14.0. The SMILES string of the molecule is CN1CCN(CCc2ccc(Nc3ncc4c(n3)-c3ccccc3C(c3ccc(F)c(F)c3)C4)cc2)CC1.Cl. The fourth-order valence-corrected chi connectivity index (χ4v) is 5.47. The molecule has 39 heavy (non-hydrogen) atoms. The summed E-state index contributed by atoms with van der Waals surface area (Å²) in [7, 11) is 2.18. The molecule has 2 heterocycles. The second kappa shape index (κ2) is 11.8. The number of aromatic nitrogens is 2. The number of piperazine rings is 1. The van der Waals surface area contributed by atoms with Crippen molar-refractivity contribution in [1.29, 1.82) is 0 Å². The molecule has 0 radical (unpaired) electrons. The first-order valence-electron chi connectivity index (χ1n) is 13.2. The van der Waals surface area contributed by atoms with Crippen LogP contribution in [0.2, 0.25) is 0 Å². The van der Waals surface area contributed by atoms with Gasteiger partial charge in [-0.1, -0.05) is 42.5 Å². The minimum Gasteiger partial charge on any atom is -0.324 e. The molecule has 1 saturated heterocycles. The topological polar surface area (TPSA) is 44.3 Å². The summed E-state index contributed by atoms with van der Waals surface area (Å²) in [5.41, 5.74) is 6.92. The van der Waals surface area contributed by atoms with Crippen molar-refractivity contribution in [3.63, 3.8) is 0 Å². The normalized spacial score (nSPS) is 17.2. The van der Waals surface area contributed by atoms with Gasteiger partial charge in [0.2, 0.25) is 5.95 Å². The molecule has 1 aliphatic heterocycles. The molecule has 0 saturated carbocycles. The van der Waals surface area contributed by atoms with Gasteiger partial charge < -0.3 is 15.1 Å². The lowest BCUT2D eigenvalue weighted by Gasteiger charge is -2.32. The van der Waals surface area contributed by atoms with Crippen molar-refractivity contribution < 1.29 is 8.78 Å². The molecule has 1 N–H and O–H groups in total. The second-order valence-corrected chi connectivity index (χ2v) is 10.3. The molecule has 3 aromatic carbocycles. The Balaban J connectivity index is 0.00000308. The summed E-state index contributed by atoms with van der Waals surface area (Å²) in [5.74, 6) is -1.21. The number of benzene rings is 3.